The van der Waals surface area contributed by atoms with Crippen LogP contribution in [0.1, 0.15) is 35.7 Å². The summed E-state index contributed by atoms with van der Waals surface area (Å²) >= 11 is 10.1. The van der Waals surface area contributed by atoms with Crippen LogP contribution in [0.4, 0.5) is 11.4 Å². The maximum absolute atomic E-state index is 13.5. The second-order valence-electron chi connectivity index (χ2n) is 8.20. The summed E-state index contributed by atoms with van der Waals surface area (Å²) in [6.45, 7) is 2.26. The van der Waals surface area contributed by atoms with Crippen LogP contribution in [-0.4, -0.2) is 39.4 Å². The van der Waals surface area contributed by atoms with Crippen LogP contribution in [0.2, 0.25) is 10.0 Å². The monoisotopic (exact) mass is 580 g/mol. The van der Waals surface area contributed by atoms with Crippen LogP contribution >= 0.6 is 23.2 Å². The maximum Gasteiger partial charge on any atom is 0.307 e. The van der Waals surface area contributed by atoms with Gasteiger partial charge in [-0.25, -0.2) is 4.21 Å². The van der Waals surface area contributed by atoms with Crippen molar-refractivity contribution in [1.29, 1.82) is 0 Å². The highest BCUT2D eigenvalue weighted by molar-refractivity contribution is 7.79. The Morgan fingerprint density at radius 3 is 2.34 bits per heavy atom. The number of hydrogen-bond acceptors (Lipinski definition) is 6. The number of nitrogens with zero attached hydrogens (tertiary/aromatic N) is 1. The smallest absolute Gasteiger partial charge is 0.307 e. The van der Waals surface area contributed by atoms with Gasteiger partial charge in [-0.2, -0.15) is 0 Å². The molecule has 0 bridgehead atoms. The van der Waals surface area contributed by atoms with Gasteiger partial charge >= 0.3 is 5.97 Å². The number of halogens is 2. The molecule has 0 aliphatic carbocycles. The number of unbranched alkanes of at least 4 members (excludes halogenated alkanes) is 1. The number of methoxy groups -OCH3 is 1. The molecule has 4 N–H and O–H groups in total. The minimum Gasteiger partial charge on any atom is -0.493 e. The summed E-state index contributed by atoms with van der Waals surface area (Å²) in [6, 6.07) is 11.9. The highest BCUT2D eigenvalue weighted by atomic mass is 35.5. The van der Waals surface area contributed by atoms with Crippen molar-refractivity contribution in [2.75, 3.05) is 24.3 Å². The summed E-state index contributed by atoms with van der Waals surface area (Å²) in [5.41, 5.74) is 7.41. The number of ether oxygens (including phenoxy) is 2. The van der Waals surface area contributed by atoms with Gasteiger partial charge in [-0.15, -0.1) is 0 Å². The highest BCUT2D eigenvalue weighted by Gasteiger charge is 2.23. The average molecular weight is 581 g/mol. The number of nitrogens with two attached hydrogens (primary N) is 1. The number of aliphatic carboxylic acids is 1. The number of carboxylic acid groups (broad SMARTS) is 1. The van der Waals surface area contributed by atoms with E-state index in [1.54, 1.807) is 18.2 Å². The number of benzene rings is 3. The molecule has 0 saturated carbocycles. The Bertz CT molecular complexity index is 1380. The van der Waals surface area contributed by atoms with Gasteiger partial charge in [0.2, 0.25) is 0 Å². The van der Waals surface area contributed by atoms with E-state index < -0.39 is 23.0 Å². The molecule has 0 spiro atoms. The maximum atomic E-state index is 13.5. The summed E-state index contributed by atoms with van der Waals surface area (Å²) in [5, 5.41) is 9.18. The van der Waals surface area contributed by atoms with Crippen molar-refractivity contribution in [3.05, 3.63) is 69.7 Å². The van der Waals surface area contributed by atoms with E-state index >= 15 is 0 Å². The standard InChI is InChI=1S/C26H26Cl2N2O7S/c1-3-4-9-30(20-14-24(38(34)35)18(28)13-17(20)27)26(33)16-6-8-21(19(29)12-16)37-22-7-5-15(11-25(31)32)10-23(22)36-2/h5-8,10,12-14H,3-4,9,11,29H2,1-2H3,(H,31,32)(H,34,35). The minimum atomic E-state index is -2.38. The summed E-state index contributed by atoms with van der Waals surface area (Å²) in [5.74, 6) is -0.503. The Morgan fingerprint density at radius 1 is 1.03 bits per heavy atom. The Morgan fingerprint density at radius 2 is 1.74 bits per heavy atom. The van der Waals surface area contributed by atoms with Crippen LogP contribution in [0, 0.1) is 0 Å². The molecule has 0 heterocycles. The third-order valence-electron chi connectivity index (χ3n) is 5.52. The number of hydrogen-bond donors (Lipinski definition) is 3. The van der Waals surface area contributed by atoms with Crippen molar-refractivity contribution in [1.82, 2.24) is 0 Å². The molecule has 3 aromatic carbocycles. The molecule has 0 aromatic heterocycles. The fourth-order valence-electron chi connectivity index (χ4n) is 3.64. The van der Waals surface area contributed by atoms with E-state index in [2.05, 4.69) is 0 Å². The molecule has 0 aliphatic rings. The quantitative estimate of drug-likeness (QED) is 0.184. The lowest BCUT2D eigenvalue weighted by Gasteiger charge is -2.25. The molecule has 1 unspecified atom stereocenters. The van der Waals surface area contributed by atoms with Gasteiger partial charge in [-0.3, -0.25) is 9.59 Å². The van der Waals surface area contributed by atoms with Crippen LogP contribution in [-0.2, 0) is 22.3 Å². The van der Waals surface area contributed by atoms with E-state index in [0.29, 0.717) is 30.0 Å². The lowest BCUT2D eigenvalue weighted by molar-refractivity contribution is -0.136. The Balaban J connectivity index is 1.93. The fourth-order valence-corrected chi connectivity index (χ4v) is 4.76. The van der Waals surface area contributed by atoms with Crippen LogP contribution in [0.15, 0.2) is 53.4 Å². The highest BCUT2D eigenvalue weighted by Crippen LogP contribution is 2.37. The van der Waals surface area contributed by atoms with Gasteiger partial charge in [-0.05, 0) is 54.4 Å². The predicted octanol–water partition coefficient (Wildman–Crippen LogP) is 6.03. The first-order valence-electron chi connectivity index (χ1n) is 11.4. The summed E-state index contributed by atoms with van der Waals surface area (Å²) in [7, 11) is 1.43. The second kappa shape index (κ2) is 13.0. The minimum absolute atomic E-state index is 0.0136. The molecule has 3 rings (SSSR count). The Hall–Kier alpha value is -3.31. The van der Waals surface area contributed by atoms with E-state index in [1.165, 1.54) is 42.3 Å². The van der Waals surface area contributed by atoms with Crippen LogP contribution in [0.25, 0.3) is 0 Å². The van der Waals surface area contributed by atoms with Gasteiger partial charge in [-0.1, -0.05) is 42.6 Å². The average Bonchev–Trinajstić information content (AvgIpc) is 2.86. The van der Waals surface area contributed by atoms with E-state index in [9.17, 15) is 18.4 Å². The molecule has 1 atom stereocenters. The lowest BCUT2D eigenvalue weighted by atomic mass is 10.1. The van der Waals surface area contributed by atoms with E-state index in [-0.39, 0.29) is 44.0 Å². The van der Waals surface area contributed by atoms with Gasteiger partial charge < -0.3 is 29.8 Å². The lowest BCUT2D eigenvalue weighted by Crippen LogP contribution is -2.32. The molecule has 9 nitrogen and oxygen atoms in total. The molecule has 0 saturated heterocycles. The van der Waals surface area contributed by atoms with Crippen molar-refractivity contribution in [2.24, 2.45) is 0 Å². The molecule has 1 amide bonds. The van der Waals surface area contributed by atoms with Gasteiger partial charge in [0.25, 0.3) is 5.91 Å². The van der Waals surface area contributed by atoms with Gasteiger partial charge in [0, 0.05) is 12.1 Å². The fraction of sp³-hybridized carbons (Fsp3) is 0.231. The third kappa shape index (κ3) is 6.96. The molecule has 202 valence electrons. The number of amides is 1. The number of carbonyl (C=O) groups excluding carboxylic acids is 1. The molecular formula is C26H26Cl2N2O7S. The zero-order chi connectivity index (χ0) is 28.0. The molecule has 0 radical (unpaired) electrons. The van der Waals surface area contributed by atoms with Crippen molar-refractivity contribution in [3.63, 3.8) is 0 Å². The first-order chi connectivity index (χ1) is 18.0. The molecular weight excluding hydrogens is 555 g/mol. The predicted molar refractivity (Wildman–Crippen MR) is 147 cm³/mol. The number of nitrogen functional groups attached to an aromatic ring is 1. The molecule has 0 fully saturated rings. The molecule has 38 heavy (non-hydrogen) atoms. The van der Waals surface area contributed by atoms with Crippen LogP contribution in [0.5, 0.6) is 17.2 Å². The van der Waals surface area contributed by atoms with Crippen molar-refractivity contribution < 1.29 is 32.9 Å². The van der Waals surface area contributed by atoms with Crippen molar-refractivity contribution >= 4 is 57.5 Å². The summed E-state index contributed by atoms with van der Waals surface area (Å²) in [6.07, 6.45) is 1.27. The Kier molecular flexibility index (Phi) is 9.98. The molecule has 12 heteroatoms. The second-order valence-corrected chi connectivity index (χ2v) is 9.96. The number of rotatable bonds is 11. The SMILES string of the molecule is CCCCN(C(=O)c1ccc(Oc2ccc(CC(=O)O)cc2OC)c(N)c1)c1cc(S(=O)O)c(Cl)cc1Cl. The third-order valence-corrected chi connectivity index (χ3v) is 6.96. The summed E-state index contributed by atoms with van der Waals surface area (Å²) in [4.78, 5) is 25.9. The van der Waals surface area contributed by atoms with Crippen LogP contribution in [0.3, 0.4) is 0 Å². The number of anilines is 2. The normalized spacial score (nSPS) is 11.6. The van der Waals surface area contributed by atoms with Gasteiger partial charge in [0.1, 0.15) is 0 Å². The van der Waals surface area contributed by atoms with E-state index in [0.717, 1.165) is 6.42 Å². The van der Waals surface area contributed by atoms with Crippen molar-refractivity contribution in [3.8, 4) is 17.2 Å². The first kappa shape index (κ1) is 29.2. The molecule has 3 aromatic rings. The number of carboxylic acids is 1. The summed E-state index contributed by atoms with van der Waals surface area (Å²) < 4.78 is 32.5. The number of carbonyl (C=O) groups is 2. The topological polar surface area (TPSA) is 139 Å². The first-order valence-corrected chi connectivity index (χ1v) is 13.3. The van der Waals surface area contributed by atoms with Crippen LogP contribution < -0.4 is 20.1 Å². The van der Waals surface area contributed by atoms with E-state index in [4.69, 9.17) is 43.5 Å². The van der Waals surface area contributed by atoms with Gasteiger partial charge in [0.05, 0.1) is 39.8 Å². The largest absolute Gasteiger partial charge is 0.493 e. The van der Waals surface area contributed by atoms with E-state index in [1.807, 2.05) is 6.92 Å². The zero-order valence-electron chi connectivity index (χ0n) is 20.6. The van der Waals surface area contributed by atoms with Crippen molar-refractivity contribution in [2.45, 2.75) is 31.1 Å². The van der Waals surface area contributed by atoms with Gasteiger partial charge in [0.15, 0.2) is 28.3 Å². The Labute approximate surface area is 232 Å². The molecule has 0 aliphatic heterocycles. The zero-order valence-corrected chi connectivity index (χ0v) is 22.9.